The summed E-state index contributed by atoms with van der Waals surface area (Å²) in [4.78, 5) is 43.2. The highest BCUT2D eigenvalue weighted by atomic mass is 32.1. The molecule has 7 heteroatoms. The minimum atomic E-state index is -0.470. The number of Topliss-reactive ketones (excluding diaryl/α,β-unsaturated/α-hetero) is 1. The van der Waals surface area contributed by atoms with Crippen molar-refractivity contribution in [2.75, 3.05) is 37.7 Å². The van der Waals surface area contributed by atoms with Crippen molar-refractivity contribution in [3.8, 4) is 0 Å². The van der Waals surface area contributed by atoms with Gasteiger partial charge in [0.25, 0.3) is 11.7 Å². The van der Waals surface area contributed by atoms with E-state index < -0.39 is 11.7 Å². The topological polar surface area (TPSA) is 60.9 Å². The van der Waals surface area contributed by atoms with Crippen molar-refractivity contribution < 1.29 is 14.4 Å². The van der Waals surface area contributed by atoms with E-state index in [2.05, 4.69) is 4.90 Å². The molecule has 0 bridgehead atoms. The third-order valence-electron chi connectivity index (χ3n) is 4.86. The molecule has 3 heterocycles. The Bertz CT molecular complexity index is 870. The number of hydrogen-bond acceptors (Lipinski definition) is 5. The monoisotopic (exact) mass is 369 g/mol. The first-order valence-electron chi connectivity index (χ1n) is 8.56. The van der Waals surface area contributed by atoms with Gasteiger partial charge in [0.1, 0.15) is 0 Å². The number of nitrogens with zero attached hydrogens (tertiary/aromatic N) is 3. The lowest BCUT2D eigenvalue weighted by molar-refractivity contribution is -0.114. The average molecular weight is 369 g/mol. The van der Waals surface area contributed by atoms with Crippen LogP contribution in [0.15, 0.2) is 35.7 Å². The summed E-state index contributed by atoms with van der Waals surface area (Å²) in [5.41, 5.74) is 2.14. The molecule has 0 radical (unpaired) electrons. The van der Waals surface area contributed by atoms with Gasteiger partial charge < -0.3 is 4.90 Å². The van der Waals surface area contributed by atoms with Crippen molar-refractivity contribution in [1.29, 1.82) is 0 Å². The van der Waals surface area contributed by atoms with Crippen molar-refractivity contribution >= 4 is 34.6 Å². The van der Waals surface area contributed by atoms with E-state index in [9.17, 15) is 14.4 Å². The molecule has 0 unspecified atom stereocenters. The molecule has 6 nitrogen and oxygen atoms in total. The van der Waals surface area contributed by atoms with Crippen LogP contribution in [0.5, 0.6) is 0 Å². The van der Waals surface area contributed by atoms with Gasteiger partial charge in [0.2, 0.25) is 0 Å². The van der Waals surface area contributed by atoms with E-state index >= 15 is 0 Å². The van der Waals surface area contributed by atoms with Crippen LogP contribution in [0.25, 0.3) is 0 Å². The van der Waals surface area contributed by atoms with E-state index in [1.54, 1.807) is 11.0 Å². The number of fused-ring (bicyclic) bond motifs is 1. The van der Waals surface area contributed by atoms with Gasteiger partial charge in [-0.2, -0.15) is 0 Å². The number of rotatable bonds is 3. The van der Waals surface area contributed by atoms with Gasteiger partial charge in [-0.05, 0) is 30.5 Å². The number of thiophene rings is 1. The molecular weight excluding hydrogens is 350 g/mol. The minimum Gasteiger partial charge on any atom is -0.335 e. The first kappa shape index (κ1) is 16.9. The molecule has 2 aromatic rings. The predicted octanol–water partition coefficient (Wildman–Crippen LogP) is 2.00. The third-order valence-corrected chi connectivity index (χ3v) is 5.72. The first-order valence-corrected chi connectivity index (χ1v) is 9.44. The van der Waals surface area contributed by atoms with Crippen molar-refractivity contribution in [3.63, 3.8) is 0 Å². The molecule has 0 saturated carbocycles. The number of hydrogen-bond donors (Lipinski definition) is 0. The van der Waals surface area contributed by atoms with Crippen molar-refractivity contribution in [2.45, 2.75) is 6.92 Å². The zero-order chi connectivity index (χ0) is 18.3. The van der Waals surface area contributed by atoms with Crippen LogP contribution in [0.3, 0.4) is 0 Å². The highest BCUT2D eigenvalue weighted by molar-refractivity contribution is 7.12. The van der Waals surface area contributed by atoms with E-state index in [0.29, 0.717) is 44.1 Å². The van der Waals surface area contributed by atoms with Gasteiger partial charge in [-0.1, -0.05) is 17.7 Å². The second-order valence-electron chi connectivity index (χ2n) is 6.61. The summed E-state index contributed by atoms with van der Waals surface area (Å²) in [6, 6.07) is 9.24. The molecule has 2 amide bonds. The number of carbonyl (C=O) groups excluding carboxylic acids is 3. The molecule has 0 spiro atoms. The normalized spacial score (nSPS) is 17.7. The number of aryl methyl sites for hydroxylation is 1. The van der Waals surface area contributed by atoms with Crippen LogP contribution >= 0.6 is 11.3 Å². The summed E-state index contributed by atoms with van der Waals surface area (Å²) in [5.74, 6) is -0.842. The van der Waals surface area contributed by atoms with E-state index in [0.717, 1.165) is 10.4 Å². The maximum atomic E-state index is 12.4. The molecule has 1 aromatic carbocycles. The molecule has 1 fully saturated rings. The number of carbonyl (C=O) groups is 3. The van der Waals surface area contributed by atoms with Gasteiger partial charge in [0.05, 0.1) is 22.8 Å². The minimum absolute atomic E-state index is 0.0629. The van der Waals surface area contributed by atoms with Gasteiger partial charge in [0, 0.05) is 26.2 Å². The van der Waals surface area contributed by atoms with E-state index in [1.807, 2.05) is 41.5 Å². The highest BCUT2D eigenvalue weighted by Crippen LogP contribution is 2.30. The predicted molar refractivity (Wildman–Crippen MR) is 99.7 cm³/mol. The van der Waals surface area contributed by atoms with Gasteiger partial charge in [-0.25, -0.2) is 0 Å². The standard InChI is InChI=1S/C19H19N3O3S/c1-13-4-5-15-14(11-13)17(23)19(25)22(15)12-20-6-8-21(9-7-20)18(24)16-3-2-10-26-16/h2-5,10-11H,6-9,12H2,1H3. The molecule has 0 aliphatic carbocycles. The van der Waals surface area contributed by atoms with Crippen LogP contribution in [0.1, 0.15) is 25.6 Å². The summed E-state index contributed by atoms with van der Waals surface area (Å²) in [5, 5.41) is 1.90. The lowest BCUT2D eigenvalue weighted by Gasteiger charge is -2.36. The molecule has 0 N–H and O–H groups in total. The van der Waals surface area contributed by atoms with Crippen LogP contribution in [0.4, 0.5) is 5.69 Å². The lowest BCUT2D eigenvalue weighted by atomic mass is 10.1. The number of ketones is 1. The van der Waals surface area contributed by atoms with Crippen LogP contribution in [-0.2, 0) is 4.79 Å². The zero-order valence-electron chi connectivity index (χ0n) is 14.5. The molecular formula is C19H19N3O3S. The third kappa shape index (κ3) is 2.93. The maximum absolute atomic E-state index is 12.4. The Hall–Kier alpha value is -2.51. The Balaban J connectivity index is 1.41. The molecule has 1 aromatic heterocycles. The van der Waals surface area contributed by atoms with Crippen molar-refractivity contribution in [3.05, 3.63) is 51.7 Å². The summed E-state index contributed by atoms with van der Waals surface area (Å²) in [7, 11) is 0. The van der Waals surface area contributed by atoms with Gasteiger partial charge >= 0.3 is 5.91 Å². The number of amides is 2. The molecule has 4 rings (SSSR count). The van der Waals surface area contributed by atoms with Crippen molar-refractivity contribution in [1.82, 2.24) is 9.80 Å². The fraction of sp³-hybridized carbons (Fsp3) is 0.316. The highest BCUT2D eigenvalue weighted by Gasteiger charge is 2.37. The summed E-state index contributed by atoms with van der Waals surface area (Å²) >= 11 is 1.45. The van der Waals surface area contributed by atoms with Gasteiger partial charge in [-0.3, -0.25) is 24.2 Å². The molecule has 2 aliphatic rings. The lowest BCUT2D eigenvalue weighted by Crippen LogP contribution is -2.52. The quantitative estimate of drug-likeness (QED) is 0.777. The van der Waals surface area contributed by atoms with E-state index in [4.69, 9.17) is 0 Å². The van der Waals surface area contributed by atoms with Crippen LogP contribution in [0.2, 0.25) is 0 Å². The number of anilines is 1. The first-order chi connectivity index (χ1) is 12.5. The Morgan fingerprint density at radius 1 is 1.12 bits per heavy atom. The van der Waals surface area contributed by atoms with Crippen LogP contribution < -0.4 is 4.90 Å². The van der Waals surface area contributed by atoms with Crippen LogP contribution in [-0.4, -0.2) is 60.2 Å². The fourth-order valence-corrected chi connectivity index (χ4v) is 4.09. The molecule has 134 valence electrons. The Morgan fingerprint density at radius 2 is 1.88 bits per heavy atom. The van der Waals surface area contributed by atoms with Gasteiger partial charge in [0.15, 0.2) is 0 Å². The summed E-state index contributed by atoms with van der Waals surface area (Å²) < 4.78 is 0. The second-order valence-corrected chi connectivity index (χ2v) is 7.56. The Kier molecular flexibility index (Phi) is 4.34. The van der Waals surface area contributed by atoms with Crippen LogP contribution in [0, 0.1) is 6.92 Å². The molecule has 0 atom stereocenters. The fourth-order valence-electron chi connectivity index (χ4n) is 3.40. The summed E-state index contributed by atoms with van der Waals surface area (Å²) in [6.45, 7) is 4.87. The van der Waals surface area contributed by atoms with E-state index in [1.165, 1.54) is 11.3 Å². The second kappa shape index (κ2) is 6.66. The van der Waals surface area contributed by atoms with Crippen molar-refractivity contribution in [2.24, 2.45) is 0 Å². The summed E-state index contributed by atoms with van der Waals surface area (Å²) in [6.07, 6.45) is 0. The SMILES string of the molecule is Cc1ccc2c(c1)C(=O)C(=O)N2CN1CCN(C(=O)c2cccs2)CC1. The Labute approximate surface area is 155 Å². The molecule has 2 aliphatic heterocycles. The number of piperazine rings is 1. The zero-order valence-corrected chi connectivity index (χ0v) is 15.3. The molecule has 26 heavy (non-hydrogen) atoms. The number of benzene rings is 1. The van der Waals surface area contributed by atoms with E-state index in [-0.39, 0.29) is 5.91 Å². The molecule has 1 saturated heterocycles. The maximum Gasteiger partial charge on any atom is 0.300 e. The average Bonchev–Trinajstić information content (AvgIpc) is 3.26. The Morgan fingerprint density at radius 3 is 2.58 bits per heavy atom. The van der Waals surface area contributed by atoms with Gasteiger partial charge in [-0.15, -0.1) is 11.3 Å². The largest absolute Gasteiger partial charge is 0.335 e. The smallest absolute Gasteiger partial charge is 0.300 e.